The number of carbonyl (C=O) groups excluding carboxylic acids is 2. The van der Waals surface area contributed by atoms with Crippen LogP contribution in [-0.2, 0) is 15.0 Å². The lowest BCUT2D eigenvalue weighted by Gasteiger charge is -2.38. The van der Waals surface area contributed by atoms with E-state index in [-0.39, 0.29) is 16.7 Å². The SMILES string of the molecule is CC[C@@]1(C)c2sc(=O)[nH]c2S[C@H]2C(=O)N(c3ccc(F)cc3)C(=O)[C@@H]21. The third-order valence-electron chi connectivity index (χ3n) is 5.14. The lowest BCUT2D eigenvalue weighted by atomic mass is 9.72. The molecule has 1 aromatic heterocycles. The number of aromatic amines is 1. The Kier molecular flexibility index (Phi) is 3.66. The number of thiazole rings is 1. The summed E-state index contributed by atoms with van der Waals surface area (Å²) in [6.45, 7) is 3.89. The van der Waals surface area contributed by atoms with Gasteiger partial charge in [0.2, 0.25) is 11.8 Å². The minimum Gasteiger partial charge on any atom is -0.307 e. The highest BCUT2D eigenvalue weighted by Gasteiger charge is 2.60. The topological polar surface area (TPSA) is 70.2 Å². The molecule has 0 bridgehead atoms. The molecule has 1 saturated heterocycles. The van der Waals surface area contributed by atoms with Gasteiger partial charge in [-0.3, -0.25) is 14.4 Å². The minimum atomic E-state index is -0.587. The fourth-order valence-corrected chi connectivity index (χ4v) is 6.46. The molecule has 2 aliphatic heterocycles. The molecule has 4 rings (SSSR count). The van der Waals surface area contributed by atoms with Crippen LogP contribution in [0.5, 0.6) is 0 Å². The summed E-state index contributed by atoms with van der Waals surface area (Å²) in [5, 5.41) is 0.1000. The van der Waals surface area contributed by atoms with Gasteiger partial charge in [0.05, 0.1) is 16.6 Å². The largest absolute Gasteiger partial charge is 0.307 e. The molecule has 25 heavy (non-hydrogen) atoms. The predicted molar refractivity (Wildman–Crippen MR) is 94.6 cm³/mol. The second-order valence-corrected chi connectivity index (χ2v) is 8.58. The molecule has 8 heteroatoms. The van der Waals surface area contributed by atoms with E-state index >= 15 is 0 Å². The first-order chi connectivity index (χ1) is 11.9. The van der Waals surface area contributed by atoms with Crippen LogP contribution in [-0.4, -0.2) is 22.0 Å². The molecule has 130 valence electrons. The number of benzene rings is 1. The number of aromatic nitrogens is 1. The molecule has 0 saturated carbocycles. The van der Waals surface area contributed by atoms with Crippen LogP contribution >= 0.6 is 23.1 Å². The zero-order valence-corrected chi connectivity index (χ0v) is 15.2. The van der Waals surface area contributed by atoms with Crippen LogP contribution in [0.25, 0.3) is 0 Å². The second kappa shape index (κ2) is 5.54. The molecule has 3 atom stereocenters. The first-order valence-corrected chi connectivity index (χ1v) is 9.60. The van der Waals surface area contributed by atoms with E-state index in [1.165, 1.54) is 36.0 Å². The first-order valence-electron chi connectivity index (χ1n) is 7.90. The zero-order chi connectivity index (χ0) is 17.9. The smallest absolute Gasteiger partial charge is 0.305 e. The fourth-order valence-electron chi connectivity index (χ4n) is 3.64. The third-order valence-corrected chi connectivity index (χ3v) is 7.70. The Hall–Kier alpha value is -1.93. The zero-order valence-electron chi connectivity index (χ0n) is 13.5. The van der Waals surface area contributed by atoms with Gasteiger partial charge in [0, 0.05) is 10.3 Å². The molecule has 5 nitrogen and oxygen atoms in total. The van der Waals surface area contributed by atoms with Gasteiger partial charge in [0.15, 0.2) is 0 Å². The van der Waals surface area contributed by atoms with Crippen LogP contribution in [0.4, 0.5) is 10.1 Å². The summed E-state index contributed by atoms with van der Waals surface area (Å²) in [4.78, 5) is 42.5. The third kappa shape index (κ3) is 2.23. The van der Waals surface area contributed by atoms with Crippen molar-refractivity contribution in [3.05, 3.63) is 44.6 Å². The van der Waals surface area contributed by atoms with Crippen molar-refractivity contribution in [1.29, 1.82) is 0 Å². The van der Waals surface area contributed by atoms with Gasteiger partial charge in [-0.15, -0.1) is 0 Å². The molecule has 1 fully saturated rings. The Morgan fingerprint density at radius 3 is 2.52 bits per heavy atom. The Labute approximate surface area is 151 Å². The van der Waals surface area contributed by atoms with E-state index in [1.54, 1.807) is 0 Å². The number of H-pyrrole nitrogens is 1. The number of nitrogens with zero attached hydrogens (tertiary/aromatic N) is 1. The summed E-state index contributed by atoms with van der Waals surface area (Å²) >= 11 is 2.36. The van der Waals surface area contributed by atoms with Gasteiger partial charge < -0.3 is 4.98 Å². The van der Waals surface area contributed by atoms with Crippen LogP contribution in [0, 0.1) is 11.7 Å². The van der Waals surface area contributed by atoms with Gasteiger partial charge in [-0.1, -0.05) is 36.9 Å². The Morgan fingerprint density at radius 2 is 1.88 bits per heavy atom. The maximum Gasteiger partial charge on any atom is 0.305 e. The lowest BCUT2D eigenvalue weighted by Crippen LogP contribution is -2.43. The van der Waals surface area contributed by atoms with Gasteiger partial charge in [0.25, 0.3) is 0 Å². The average Bonchev–Trinajstić information content (AvgIpc) is 3.08. The molecule has 2 aliphatic rings. The highest BCUT2D eigenvalue weighted by atomic mass is 32.2. The van der Waals surface area contributed by atoms with Crippen molar-refractivity contribution in [2.45, 2.75) is 36.0 Å². The maximum absolute atomic E-state index is 13.2. The molecule has 2 aromatic rings. The number of hydrogen-bond acceptors (Lipinski definition) is 5. The number of hydrogen-bond donors (Lipinski definition) is 1. The number of rotatable bonds is 2. The van der Waals surface area contributed by atoms with E-state index in [2.05, 4.69) is 4.98 Å². The number of carbonyl (C=O) groups is 2. The van der Waals surface area contributed by atoms with E-state index in [0.717, 1.165) is 21.1 Å². The summed E-state index contributed by atoms with van der Waals surface area (Å²) in [6.07, 6.45) is 0.631. The summed E-state index contributed by atoms with van der Waals surface area (Å²) in [5.41, 5.74) is -0.210. The molecule has 0 spiro atoms. The van der Waals surface area contributed by atoms with Crippen molar-refractivity contribution >= 4 is 40.6 Å². The summed E-state index contributed by atoms with van der Waals surface area (Å²) in [6, 6.07) is 5.35. The second-order valence-electron chi connectivity index (χ2n) is 6.45. The van der Waals surface area contributed by atoms with Crippen LogP contribution in [0.15, 0.2) is 34.1 Å². The quantitative estimate of drug-likeness (QED) is 0.816. The number of nitrogens with one attached hydrogen (secondary N) is 1. The molecule has 0 aliphatic carbocycles. The van der Waals surface area contributed by atoms with Crippen molar-refractivity contribution in [3.63, 3.8) is 0 Å². The van der Waals surface area contributed by atoms with Crippen molar-refractivity contribution < 1.29 is 14.0 Å². The fraction of sp³-hybridized carbons (Fsp3) is 0.353. The van der Waals surface area contributed by atoms with Gasteiger partial charge in [-0.25, -0.2) is 9.29 Å². The molecule has 1 aromatic carbocycles. The number of anilines is 1. The lowest BCUT2D eigenvalue weighted by molar-refractivity contribution is -0.123. The molecular weight excluding hydrogens is 363 g/mol. The minimum absolute atomic E-state index is 0.174. The highest BCUT2D eigenvalue weighted by Crippen LogP contribution is 2.55. The van der Waals surface area contributed by atoms with E-state index < -0.39 is 22.4 Å². The Bertz CT molecular complexity index is 936. The predicted octanol–water partition coefficient (Wildman–Crippen LogP) is 2.91. The number of imide groups is 1. The average molecular weight is 378 g/mol. The van der Waals surface area contributed by atoms with Crippen molar-refractivity contribution in [2.75, 3.05) is 4.90 Å². The van der Waals surface area contributed by atoms with Crippen molar-refractivity contribution in [2.24, 2.45) is 5.92 Å². The van der Waals surface area contributed by atoms with Crippen LogP contribution in [0.1, 0.15) is 25.1 Å². The van der Waals surface area contributed by atoms with Gasteiger partial charge in [-0.05, 0) is 30.7 Å². The van der Waals surface area contributed by atoms with E-state index in [4.69, 9.17) is 0 Å². The molecule has 1 N–H and O–H groups in total. The monoisotopic (exact) mass is 378 g/mol. The summed E-state index contributed by atoms with van der Waals surface area (Å²) in [5.74, 6) is -1.57. The van der Waals surface area contributed by atoms with E-state index in [1.807, 2.05) is 13.8 Å². The van der Waals surface area contributed by atoms with Gasteiger partial charge in [0.1, 0.15) is 11.1 Å². The number of amides is 2. The van der Waals surface area contributed by atoms with Crippen LogP contribution < -0.4 is 9.77 Å². The first kappa shape index (κ1) is 16.5. The molecule has 0 radical (unpaired) electrons. The number of fused-ring (bicyclic) bond motifs is 2. The van der Waals surface area contributed by atoms with Crippen molar-refractivity contribution in [1.82, 2.24) is 4.98 Å². The molecular formula is C17H15FN2O3S2. The standard InChI is InChI=1S/C17H15FN2O3S2/c1-3-17(2)10-11(24-13-12(17)25-16(23)19-13)15(22)20(14(10)21)9-6-4-8(18)5-7-9/h4-7,10-11H,3H2,1-2H3,(H,19,23)/t10-,11-,17-/m1/s1. The number of thioether (sulfide) groups is 1. The summed E-state index contributed by atoms with van der Waals surface area (Å²) in [7, 11) is 0. The summed E-state index contributed by atoms with van der Waals surface area (Å²) < 4.78 is 13.2. The van der Waals surface area contributed by atoms with Crippen LogP contribution in [0.2, 0.25) is 0 Å². The Balaban J connectivity index is 1.83. The molecule has 0 unspecified atom stereocenters. The molecule has 2 amide bonds. The van der Waals surface area contributed by atoms with E-state index in [0.29, 0.717) is 17.1 Å². The Morgan fingerprint density at radius 1 is 1.20 bits per heavy atom. The normalized spacial score (nSPS) is 28.2. The van der Waals surface area contributed by atoms with Gasteiger partial charge >= 0.3 is 4.87 Å². The van der Waals surface area contributed by atoms with Crippen molar-refractivity contribution in [3.8, 4) is 0 Å². The van der Waals surface area contributed by atoms with E-state index in [9.17, 15) is 18.8 Å². The highest BCUT2D eigenvalue weighted by molar-refractivity contribution is 8.00. The number of halogens is 1. The maximum atomic E-state index is 13.2. The van der Waals surface area contributed by atoms with Gasteiger partial charge in [-0.2, -0.15) is 0 Å². The molecule has 3 heterocycles. The van der Waals surface area contributed by atoms with Crippen LogP contribution in [0.3, 0.4) is 0 Å².